The van der Waals surface area contributed by atoms with Crippen molar-refractivity contribution in [1.82, 2.24) is 4.90 Å². The summed E-state index contributed by atoms with van der Waals surface area (Å²) in [5, 5.41) is 2.77. The highest BCUT2D eigenvalue weighted by molar-refractivity contribution is 5.95. The molecule has 2 rings (SSSR count). The maximum absolute atomic E-state index is 12.4. The summed E-state index contributed by atoms with van der Waals surface area (Å²) >= 11 is 0. The van der Waals surface area contributed by atoms with Crippen molar-refractivity contribution in [2.24, 2.45) is 0 Å². The average molecular weight is 372 g/mol. The van der Waals surface area contributed by atoms with E-state index in [2.05, 4.69) is 5.32 Å². The number of nitrogens with zero attached hydrogens (tertiary/aromatic N) is 1. The number of hydrogen-bond acceptors (Lipinski definition) is 5. The van der Waals surface area contributed by atoms with Crippen LogP contribution < -0.4 is 19.5 Å². The third-order valence-electron chi connectivity index (χ3n) is 4.00. The van der Waals surface area contributed by atoms with Gasteiger partial charge in [0.25, 0.3) is 0 Å². The first-order valence-corrected chi connectivity index (χ1v) is 8.37. The van der Waals surface area contributed by atoms with Crippen LogP contribution in [-0.2, 0) is 16.1 Å². The summed E-state index contributed by atoms with van der Waals surface area (Å²) in [7, 11) is 4.65. The van der Waals surface area contributed by atoms with Crippen LogP contribution in [0.25, 0.3) is 0 Å². The number of rotatable bonds is 8. The Hall–Kier alpha value is -3.22. The lowest BCUT2D eigenvalue weighted by molar-refractivity contribution is -0.133. The Balaban J connectivity index is 2.05. The van der Waals surface area contributed by atoms with Crippen molar-refractivity contribution < 1.29 is 23.8 Å². The highest BCUT2D eigenvalue weighted by atomic mass is 16.5. The number of benzene rings is 2. The summed E-state index contributed by atoms with van der Waals surface area (Å²) in [5.41, 5.74) is 1.41. The van der Waals surface area contributed by atoms with E-state index in [1.165, 1.54) is 18.9 Å². The van der Waals surface area contributed by atoms with Crippen LogP contribution >= 0.6 is 0 Å². The summed E-state index contributed by atoms with van der Waals surface area (Å²) in [5.74, 6) is 1.32. The number of ether oxygens (including phenoxy) is 3. The second-order valence-electron chi connectivity index (χ2n) is 5.84. The van der Waals surface area contributed by atoms with Crippen LogP contribution in [0.15, 0.2) is 42.5 Å². The molecule has 0 spiro atoms. The van der Waals surface area contributed by atoms with Crippen molar-refractivity contribution in [2.45, 2.75) is 13.5 Å². The number of anilines is 1. The van der Waals surface area contributed by atoms with Crippen LogP contribution in [0.4, 0.5) is 5.69 Å². The van der Waals surface area contributed by atoms with E-state index < -0.39 is 0 Å². The molecule has 0 bridgehead atoms. The minimum absolute atomic E-state index is 0.0729. The first-order valence-electron chi connectivity index (χ1n) is 8.37. The number of carbonyl (C=O) groups excluding carboxylic acids is 2. The zero-order chi connectivity index (χ0) is 19.8. The van der Waals surface area contributed by atoms with Crippen molar-refractivity contribution in [1.29, 1.82) is 0 Å². The number of hydrogen-bond donors (Lipinski definition) is 1. The molecule has 2 aromatic rings. The molecule has 0 heterocycles. The molecule has 0 fully saturated rings. The molecule has 0 saturated heterocycles. The van der Waals surface area contributed by atoms with Gasteiger partial charge in [0.15, 0.2) is 0 Å². The standard InChI is InChI=1S/C20H24N2O5/c1-14(23)22(12-15-5-7-16(25-2)8-6-15)13-20(24)21-18-10-9-17(26-3)11-19(18)27-4/h5-11H,12-13H2,1-4H3,(H,21,24). The molecule has 2 amide bonds. The van der Waals surface area contributed by atoms with Crippen LogP contribution in [-0.4, -0.2) is 44.6 Å². The average Bonchev–Trinajstić information content (AvgIpc) is 2.68. The topological polar surface area (TPSA) is 77.1 Å². The van der Waals surface area contributed by atoms with E-state index in [4.69, 9.17) is 14.2 Å². The molecular weight excluding hydrogens is 348 g/mol. The summed E-state index contributed by atoms with van der Waals surface area (Å²) < 4.78 is 15.5. The van der Waals surface area contributed by atoms with Crippen LogP contribution in [0.2, 0.25) is 0 Å². The number of methoxy groups -OCH3 is 3. The molecule has 27 heavy (non-hydrogen) atoms. The number of nitrogens with one attached hydrogen (secondary N) is 1. The van der Waals surface area contributed by atoms with E-state index in [9.17, 15) is 9.59 Å². The molecule has 0 aliphatic carbocycles. The van der Waals surface area contributed by atoms with E-state index in [0.717, 1.165) is 11.3 Å². The minimum atomic E-state index is -0.317. The number of amides is 2. The summed E-state index contributed by atoms with van der Waals surface area (Å²) in [6, 6.07) is 12.4. The lowest BCUT2D eigenvalue weighted by Crippen LogP contribution is -2.36. The molecule has 0 unspecified atom stereocenters. The van der Waals surface area contributed by atoms with Gasteiger partial charge in [-0.2, -0.15) is 0 Å². The normalized spacial score (nSPS) is 10.1. The second-order valence-corrected chi connectivity index (χ2v) is 5.84. The number of carbonyl (C=O) groups is 2. The van der Waals surface area contributed by atoms with Crippen molar-refractivity contribution >= 4 is 17.5 Å². The highest BCUT2D eigenvalue weighted by Gasteiger charge is 2.16. The van der Waals surface area contributed by atoms with Gasteiger partial charge >= 0.3 is 0 Å². The van der Waals surface area contributed by atoms with Gasteiger partial charge in [0, 0.05) is 19.5 Å². The molecule has 7 heteroatoms. The van der Waals surface area contributed by atoms with Crippen LogP contribution in [0.1, 0.15) is 12.5 Å². The maximum Gasteiger partial charge on any atom is 0.244 e. The fraction of sp³-hybridized carbons (Fsp3) is 0.300. The predicted molar refractivity (Wildman–Crippen MR) is 102 cm³/mol. The lowest BCUT2D eigenvalue weighted by Gasteiger charge is -2.21. The molecule has 2 aromatic carbocycles. The Morgan fingerprint density at radius 3 is 2.11 bits per heavy atom. The van der Waals surface area contributed by atoms with E-state index in [-0.39, 0.29) is 18.4 Å². The maximum atomic E-state index is 12.4. The van der Waals surface area contributed by atoms with Gasteiger partial charge in [-0.1, -0.05) is 12.1 Å². The minimum Gasteiger partial charge on any atom is -0.497 e. The monoisotopic (exact) mass is 372 g/mol. The molecule has 0 radical (unpaired) electrons. The Morgan fingerprint density at radius 2 is 1.56 bits per heavy atom. The zero-order valence-corrected chi connectivity index (χ0v) is 15.9. The highest BCUT2D eigenvalue weighted by Crippen LogP contribution is 2.29. The first-order chi connectivity index (χ1) is 13.0. The quantitative estimate of drug-likeness (QED) is 0.771. The first kappa shape index (κ1) is 20.1. The summed E-state index contributed by atoms with van der Waals surface area (Å²) in [6.45, 7) is 1.69. The Kier molecular flexibility index (Phi) is 7.05. The Bertz CT molecular complexity index is 789. The van der Waals surface area contributed by atoms with Gasteiger partial charge in [0.2, 0.25) is 11.8 Å². The van der Waals surface area contributed by atoms with Crippen LogP contribution in [0, 0.1) is 0 Å². The van der Waals surface area contributed by atoms with Crippen molar-refractivity contribution in [3.8, 4) is 17.2 Å². The Morgan fingerprint density at radius 1 is 0.926 bits per heavy atom. The summed E-state index contributed by atoms with van der Waals surface area (Å²) in [4.78, 5) is 25.8. The third kappa shape index (κ3) is 5.64. The van der Waals surface area contributed by atoms with Crippen molar-refractivity contribution in [3.05, 3.63) is 48.0 Å². The molecule has 0 aliphatic heterocycles. The van der Waals surface area contributed by atoms with E-state index >= 15 is 0 Å². The second kappa shape index (κ2) is 9.47. The fourth-order valence-electron chi connectivity index (χ4n) is 2.49. The zero-order valence-electron chi connectivity index (χ0n) is 15.9. The van der Waals surface area contributed by atoms with Gasteiger partial charge < -0.3 is 24.4 Å². The van der Waals surface area contributed by atoms with Crippen molar-refractivity contribution in [3.63, 3.8) is 0 Å². The molecule has 144 valence electrons. The van der Waals surface area contributed by atoms with Crippen molar-refractivity contribution in [2.75, 3.05) is 33.2 Å². The van der Waals surface area contributed by atoms with E-state index in [1.807, 2.05) is 24.3 Å². The molecule has 0 atom stereocenters. The lowest BCUT2D eigenvalue weighted by atomic mass is 10.2. The Labute approximate surface area is 158 Å². The molecular formula is C20H24N2O5. The third-order valence-corrected chi connectivity index (χ3v) is 4.00. The van der Waals surface area contributed by atoms with E-state index in [0.29, 0.717) is 23.7 Å². The van der Waals surface area contributed by atoms with Gasteiger partial charge in [0.05, 0.1) is 27.0 Å². The molecule has 0 aromatic heterocycles. The summed E-state index contributed by atoms with van der Waals surface area (Å²) in [6.07, 6.45) is 0. The molecule has 7 nitrogen and oxygen atoms in total. The molecule has 0 aliphatic rings. The molecule has 0 saturated carbocycles. The predicted octanol–water partition coefficient (Wildman–Crippen LogP) is 2.70. The van der Waals surface area contributed by atoms with Crippen LogP contribution in [0.5, 0.6) is 17.2 Å². The van der Waals surface area contributed by atoms with Gasteiger partial charge in [-0.25, -0.2) is 0 Å². The smallest absolute Gasteiger partial charge is 0.244 e. The van der Waals surface area contributed by atoms with Gasteiger partial charge in [0.1, 0.15) is 23.8 Å². The SMILES string of the molecule is COc1ccc(CN(CC(=O)Nc2ccc(OC)cc2OC)C(C)=O)cc1. The van der Waals surface area contributed by atoms with E-state index in [1.54, 1.807) is 32.4 Å². The van der Waals surface area contributed by atoms with Gasteiger partial charge in [-0.3, -0.25) is 9.59 Å². The fourth-order valence-corrected chi connectivity index (χ4v) is 2.49. The van der Waals surface area contributed by atoms with Crippen LogP contribution in [0.3, 0.4) is 0 Å². The van der Waals surface area contributed by atoms with Gasteiger partial charge in [-0.15, -0.1) is 0 Å². The molecule has 1 N–H and O–H groups in total. The van der Waals surface area contributed by atoms with Gasteiger partial charge in [-0.05, 0) is 29.8 Å². The largest absolute Gasteiger partial charge is 0.497 e.